The van der Waals surface area contributed by atoms with Crippen molar-refractivity contribution in [1.82, 2.24) is 10.3 Å². The second-order valence-electron chi connectivity index (χ2n) is 4.08. The summed E-state index contributed by atoms with van der Waals surface area (Å²) in [6.45, 7) is 5.56. The molecule has 1 heterocycles. The number of halogens is 1. The molecule has 1 N–H and O–H groups in total. The third-order valence-corrected chi connectivity index (χ3v) is 2.40. The van der Waals surface area contributed by atoms with Gasteiger partial charge >= 0.3 is 0 Å². The summed E-state index contributed by atoms with van der Waals surface area (Å²) in [6.07, 6.45) is 0. The highest BCUT2D eigenvalue weighted by atomic mass is 35.5. The molecule has 0 aromatic carbocycles. The standard InChI is InChI=1S/C12H14ClN3O/c1-7(2)10-4-9(5-11(13)16-10)12(17)15-8(3)6-14/h4-5,7-8H,1-3H3,(H,15,17). The largest absolute Gasteiger partial charge is 0.337 e. The van der Waals surface area contributed by atoms with Gasteiger partial charge in [0.15, 0.2) is 0 Å². The topological polar surface area (TPSA) is 65.8 Å². The van der Waals surface area contributed by atoms with Crippen molar-refractivity contribution in [2.75, 3.05) is 0 Å². The normalized spacial score (nSPS) is 12.0. The molecule has 1 aromatic heterocycles. The molecule has 4 nitrogen and oxygen atoms in total. The van der Waals surface area contributed by atoms with Gasteiger partial charge in [0.25, 0.3) is 5.91 Å². The van der Waals surface area contributed by atoms with E-state index >= 15 is 0 Å². The fourth-order valence-corrected chi connectivity index (χ4v) is 1.47. The first-order chi connectivity index (χ1) is 7.93. The van der Waals surface area contributed by atoms with E-state index in [1.54, 1.807) is 13.0 Å². The zero-order chi connectivity index (χ0) is 13.0. The maximum Gasteiger partial charge on any atom is 0.252 e. The molecule has 0 aliphatic rings. The Morgan fingerprint density at radius 1 is 1.47 bits per heavy atom. The predicted molar refractivity (Wildman–Crippen MR) is 65.9 cm³/mol. The molecule has 5 heteroatoms. The van der Waals surface area contributed by atoms with Crippen LogP contribution in [0.2, 0.25) is 5.15 Å². The van der Waals surface area contributed by atoms with Crippen LogP contribution < -0.4 is 5.32 Å². The quantitative estimate of drug-likeness (QED) is 0.840. The minimum absolute atomic E-state index is 0.189. The molecule has 0 aliphatic heterocycles. The summed E-state index contributed by atoms with van der Waals surface area (Å²) in [4.78, 5) is 15.9. The van der Waals surface area contributed by atoms with Crippen LogP contribution in [0.15, 0.2) is 12.1 Å². The molecule has 90 valence electrons. The van der Waals surface area contributed by atoms with Gasteiger partial charge in [0.05, 0.1) is 6.07 Å². The second-order valence-corrected chi connectivity index (χ2v) is 4.47. The fourth-order valence-electron chi connectivity index (χ4n) is 1.26. The van der Waals surface area contributed by atoms with E-state index in [4.69, 9.17) is 16.9 Å². The first kappa shape index (κ1) is 13.5. The van der Waals surface area contributed by atoms with E-state index in [1.165, 1.54) is 6.07 Å². The average Bonchev–Trinajstić information content (AvgIpc) is 2.27. The highest BCUT2D eigenvalue weighted by Crippen LogP contribution is 2.17. The number of hydrogen-bond acceptors (Lipinski definition) is 3. The highest BCUT2D eigenvalue weighted by Gasteiger charge is 2.12. The van der Waals surface area contributed by atoms with Crippen molar-refractivity contribution in [3.05, 3.63) is 28.5 Å². The van der Waals surface area contributed by atoms with Crippen molar-refractivity contribution in [1.29, 1.82) is 5.26 Å². The zero-order valence-corrected chi connectivity index (χ0v) is 10.7. The molecule has 1 atom stereocenters. The van der Waals surface area contributed by atoms with Gasteiger partial charge in [-0.3, -0.25) is 4.79 Å². The van der Waals surface area contributed by atoms with Gasteiger partial charge in [0.1, 0.15) is 11.2 Å². The van der Waals surface area contributed by atoms with E-state index in [0.29, 0.717) is 5.56 Å². The van der Waals surface area contributed by atoms with Gasteiger partial charge in [-0.1, -0.05) is 25.4 Å². The number of amides is 1. The third-order valence-electron chi connectivity index (χ3n) is 2.21. The lowest BCUT2D eigenvalue weighted by atomic mass is 10.1. The molecule has 1 unspecified atom stereocenters. The Morgan fingerprint density at radius 2 is 2.12 bits per heavy atom. The Balaban J connectivity index is 2.98. The van der Waals surface area contributed by atoms with E-state index in [0.717, 1.165) is 5.69 Å². The van der Waals surface area contributed by atoms with Crippen LogP contribution in [-0.2, 0) is 0 Å². The lowest BCUT2D eigenvalue weighted by Crippen LogP contribution is -2.31. The Labute approximate surface area is 106 Å². The first-order valence-electron chi connectivity index (χ1n) is 5.32. The summed E-state index contributed by atoms with van der Waals surface area (Å²) in [6, 6.07) is 4.59. The van der Waals surface area contributed by atoms with Crippen molar-refractivity contribution < 1.29 is 4.79 Å². The molecule has 0 spiro atoms. The van der Waals surface area contributed by atoms with E-state index in [1.807, 2.05) is 19.9 Å². The van der Waals surface area contributed by atoms with Crippen LogP contribution in [0.4, 0.5) is 0 Å². The maximum atomic E-state index is 11.8. The average molecular weight is 252 g/mol. The molecular weight excluding hydrogens is 238 g/mol. The number of aromatic nitrogens is 1. The van der Waals surface area contributed by atoms with Crippen molar-refractivity contribution >= 4 is 17.5 Å². The van der Waals surface area contributed by atoms with Gasteiger partial charge in [-0.2, -0.15) is 5.26 Å². The number of nitrogens with zero attached hydrogens (tertiary/aromatic N) is 2. The number of rotatable bonds is 3. The number of nitriles is 1. The van der Waals surface area contributed by atoms with E-state index < -0.39 is 6.04 Å². The summed E-state index contributed by atoms with van der Waals surface area (Å²) in [5.74, 6) is -0.126. The SMILES string of the molecule is CC(C#N)NC(=O)c1cc(Cl)nc(C(C)C)c1. The van der Waals surface area contributed by atoms with Crippen LogP contribution in [0.1, 0.15) is 42.7 Å². The van der Waals surface area contributed by atoms with Crippen LogP contribution in [0.25, 0.3) is 0 Å². The van der Waals surface area contributed by atoms with Crippen molar-refractivity contribution in [3.63, 3.8) is 0 Å². The zero-order valence-electron chi connectivity index (χ0n) is 9.99. The lowest BCUT2D eigenvalue weighted by Gasteiger charge is -2.10. The summed E-state index contributed by atoms with van der Waals surface area (Å²) in [5.41, 5.74) is 1.18. The van der Waals surface area contributed by atoms with Crippen molar-refractivity contribution in [2.24, 2.45) is 0 Å². The number of hydrogen-bond donors (Lipinski definition) is 1. The van der Waals surface area contributed by atoms with Crippen LogP contribution in [-0.4, -0.2) is 16.9 Å². The number of pyridine rings is 1. The second kappa shape index (κ2) is 5.65. The summed E-state index contributed by atoms with van der Waals surface area (Å²) in [7, 11) is 0. The predicted octanol–water partition coefficient (Wildman–Crippen LogP) is 2.50. The summed E-state index contributed by atoms with van der Waals surface area (Å²) >= 11 is 5.85. The number of carbonyl (C=O) groups excluding carboxylic acids is 1. The maximum absolute atomic E-state index is 11.8. The Morgan fingerprint density at radius 3 is 2.65 bits per heavy atom. The lowest BCUT2D eigenvalue weighted by molar-refractivity contribution is 0.0947. The molecule has 0 saturated heterocycles. The molecule has 1 aromatic rings. The molecule has 1 rings (SSSR count). The molecule has 0 bridgehead atoms. The third kappa shape index (κ3) is 3.72. The Kier molecular flexibility index (Phi) is 4.47. The molecule has 0 radical (unpaired) electrons. The molecule has 0 saturated carbocycles. The molecule has 0 aliphatic carbocycles. The van der Waals surface area contributed by atoms with Crippen molar-refractivity contribution in [2.45, 2.75) is 32.7 Å². The van der Waals surface area contributed by atoms with Gasteiger partial charge in [-0.15, -0.1) is 0 Å². The molecular formula is C12H14ClN3O. The molecule has 1 amide bonds. The minimum atomic E-state index is -0.531. The number of nitrogens with one attached hydrogen (secondary N) is 1. The van der Waals surface area contributed by atoms with Crippen molar-refractivity contribution in [3.8, 4) is 6.07 Å². The van der Waals surface area contributed by atoms with E-state index in [9.17, 15) is 4.79 Å². The van der Waals surface area contributed by atoms with Gasteiger partial charge in [-0.05, 0) is 25.0 Å². The highest BCUT2D eigenvalue weighted by molar-refractivity contribution is 6.29. The van der Waals surface area contributed by atoms with Gasteiger partial charge in [-0.25, -0.2) is 4.98 Å². The Hall–Kier alpha value is -1.60. The Bertz CT molecular complexity index is 465. The molecule has 0 fully saturated rings. The first-order valence-corrected chi connectivity index (χ1v) is 5.69. The van der Waals surface area contributed by atoms with Crippen LogP contribution >= 0.6 is 11.6 Å². The smallest absolute Gasteiger partial charge is 0.252 e. The minimum Gasteiger partial charge on any atom is -0.337 e. The van der Waals surface area contributed by atoms with Gasteiger partial charge in [0.2, 0.25) is 0 Å². The van der Waals surface area contributed by atoms with Crippen LogP contribution in [0.5, 0.6) is 0 Å². The fraction of sp³-hybridized carbons (Fsp3) is 0.417. The van der Waals surface area contributed by atoms with E-state index in [2.05, 4.69) is 10.3 Å². The van der Waals surface area contributed by atoms with E-state index in [-0.39, 0.29) is 17.0 Å². The number of carbonyl (C=O) groups is 1. The van der Waals surface area contributed by atoms with Crippen LogP contribution in [0.3, 0.4) is 0 Å². The monoisotopic (exact) mass is 251 g/mol. The van der Waals surface area contributed by atoms with Gasteiger partial charge < -0.3 is 5.32 Å². The van der Waals surface area contributed by atoms with Gasteiger partial charge in [0, 0.05) is 11.3 Å². The summed E-state index contributed by atoms with van der Waals surface area (Å²) < 4.78 is 0. The summed E-state index contributed by atoms with van der Waals surface area (Å²) in [5, 5.41) is 11.5. The molecule has 17 heavy (non-hydrogen) atoms. The van der Waals surface area contributed by atoms with Crippen LogP contribution in [0, 0.1) is 11.3 Å².